The maximum Gasteiger partial charge on any atom is 0.335 e. The van der Waals surface area contributed by atoms with E-state index >= 15 is 0 Å². The fraction of sp³-hybridized carbons (Fsp3) is 0.364. The number of benzene rings is 2. The zero-order chi connectivity index (χ0) is 19.6. The van der Waals surface area contributed by atoms with Crippen LogP contribution in [-0.4, -0.2) is 45.2 Å². The number of carbonyl (C=O) groups excluding carboxylic acids is 1. The molecule has 28 heavy (non-hydrogen) atoms. The molecular weight excluding hydrogens is 374 g/mol. The third-order valence-electron chi connectivity index (χ3n) is 5.56. The highest BCUT2D eigenvalue weighted by atomic mass is 32.2. The fourth-order valence-corrected chi connectivity index (χ4v) is 5.58. The van der Waals surface area contributed by atoms with Crippen molar-refractivity contribution in [2.24, 2.45) is 0 Å². The van der Waals surface area contributed by atoms with Crippen molar-refractivity contribution < 1.29 is 19.4 Å². The third kappa shape index (κ3) is 3.74. The topological polar surface area (TPSA) is 66.8 Å². The highest BCUT2D eigenvalue weighted by Crippen LogP contribution is 2.47. The molecule has 0 bridgehead atoms. The van der Waals surface area contributed by atoms with Gasteiger partial charge in [-0.25, -0.2) is 4.79 Å². The summed E-state index contributed by atoms with van der Waals surface area (Å²) >= 11 is 1.89. The first kappa shape index (κ1) is 18.9. The van der Waals surface area contributed by atoms with Crippen LogP contribution in [-0.2, 0) is 0 Å². The SMILES string of the molecule is O=C(O)c1ccc(OC2CCC3(CC2)SCCN3C(=O)c2ccccc2)cc1. The number of carboxylic acids is 1. The van der Waals surface area contributed by atoms with Crippen LogP contribution in [0.15, 0.2) is 54.6 Å². The van der Waals surface area contributed by atoms with Crippen LogP contribution in [0.5, 0.6) is 5.75 Å². The van der Waals surface area contributed by atoms with E-state index in [1.54, 1.807) is 24.3 Å². The second-order valence-corrected chi connectivity index (χ2v) is 8.72. The van der Waals surface area contributed by atoms with E-state index in [9.17, 15) is 9.59 Å². The highest BCUT2D eigenvalue weighted by molar-refractivity contribution is 8.00. The zero-order valence-corrected chi connectivity index (χ0v) is 16.4. The predicted molar refractivity (Wildman–Crippen MR) is 109 cm³/mol. The summed E-state index contributed by atoms with van der Waals surface area (Å²) in [5, 5.41) is 8.99. The summed E-state index contributed by atoms with van der Waals surface area (Å²) in [6.07, 6.45) is 3.68. The molecule has 6 heteroatoms. The number of carboxylic acid groups (broad SMARTS) is 1. The van der Waals surface area contributed by atoms with Gasteiger partial charge in [-0.2, -0.15) is 0 Å². The summed E-state index contributed by atoms with van der Waals surface area (Å²) in [5.41, 5.74) is 1.01. The van der Waals surface area contributed by atoms with E-state index < -0.39 is 5.97 Å². The number of ether oxygens (including phenoxy) is 1. The molecule has 5 nitrogen and oxygen atoms in total. The molecule has 0 radical (unpaired) electrons. The van der Waals surface area contributed by atoms with Crippen LogP contribution in [0, 0.1) is 0 Å². The number of amides is 1. The van der Waals surface area contributed by atoms with Crippen LogP contribution in [0.25, 0.3) is 0 Å². The monoisotopic (exact) mass is 397 g/mol. The Balaban J connectivity index is 1.39. The Hall–Kier alpha value is -2.47. The van der Waals surface area contributed by atoms with Gasteiger partial charge in [0.25, 0.3) is 5.91 Å². The largest absolute Gasteiger partial charge is 0.490 e. The number of thioether (sulfide) groups is 1. The maximum absolute atomic E-state index is 13.0. The lowest BCUT2D eigenvalue weighted by Gasteiger charge is -2.42. The molecule has 1 N–H and O–H groups in total. The summed E-state index contributed by atoms with van der Waals surface area (Å²) in [5.74, 6) is 0.852. The molecule has 1 heterocycles. The van der Waals surface area contributed by atoms with E-state index in [1.807, 2.05) is 42.1 Å². The van der Waals surface area contributed by atoms with Gasteiger partial charge < -0.3 is 14.7 Å². The molecule has 2 fully saturated rings. The van der Waals surface area contributed by atoms with Crippen LogP contribution < -0.4 is 4.74 Å². The van der Waals surface area contributed by atoms with E-state index in [4.69, 9.17) is 9.84 Å². The van der Waals surface area contributed by atoms with Crippen molar-refractivity contribution in [2.45, 2.75) is 36.7 Å². The summed E-state index contributed by atoms with van der Waals surface area (Å²) in [6, 6.07) is 16.1. The van der Waals surface area contributed by atoms with Gasteiger partial charge in [0.2, 0.25) is 0 Å². The second kappa shape index (κ2) is 7.87. The molecular formula is C22H23NO4S. The first-order chi connectivity index (χ1) is 13.6. The summed E-state index contributed by atoms with van der Waals surface area (Å²) in [7, 11) is 0. The molecule has 0 unspecified atom stereocenters. The molecule has 1 amide bonds. The van der Waals surface area contributed by atoms with E-state index in [0.717, 1.165) is 43.5 Å². The van der Waals surface area contributed by atoms with E-state index in [0.29, 0.717) is 5.75 Å². The number of hydrogen-bond acceptors (Lipinski definition) is 4. The minimum Gasteiger partial charge on any atom is -0.490 e. The van der Waals surface area contributed by atoms with Crippen LogP contribution in [0.1, 0.15) is 46.4 Å². The minimum atomic E-state index is -0.937. The first-order valence-corrected chi connectivity index (χ1v) is 10.6. The van der Waals surface area contributed by atoms with Crippen LogP contribution >= 0.6 is 11.8 Å². The van der Waals surface area contributed by atoms with E-state index in [1.165, 1.54) is 0 Å². The predicted octanol–water partition coefficient (Wildman–Crippen LogP) is 4.29. The van der Waals surface area contributed by atoms with Gasteiger partial charge >= 0.3 is 5.97 Å². The molecule has 146 valence electrons. The fourth-order valence-electron chi connectivity index (χ4n) is 4.07. The summed E-state index contributed by atoms with van der Waals surface area (Å²) in [6.45, 7) is 0.792. The summed E-state index contributed by atoms with van der Waals surface area (Å²) in [4.78, 5) is 25.9. The number of carbonyl (C=O) groups is 2. The molecule has 2 aromatic rings. The Bertz CT molecular complexity index is 845. The van der Waals surface area contributed by atoms with Crippen molar-refractivity contribution in [3.05, 3.63) is 65.7 Å². The van der Waals surface area contributed by atoms with Gasteiger partial charge in [-0.3, -0.25) is 4.79 Å². The van der Waals surface area contributed by atoms with Crippen molar-refractivity contribution >= 4 is 23.6 Å². The molecule has 2 aliphatic rings. The Kier molecular flexibility index (Phi) is 5.31. The Morgan fingerprint density at radius 1 is 1.00 bits per heavy atom. The van der Waals surface area contributed by atoms with Gasteiger partial charge in [0.05, 0.1) is 16.5 Å². The first-order valence-electron chi connectivity index (χ1n) is 9.58. The number of rotatable bonds is 4. The van der Waals surface area contributed by atoms with E-state index in [2.05, 4.69) is 4.90 Å². The quantitative estimate of drug-likeness (QED) is 0.834. The van der Waals surface area contributed by atoms with Gasteiger partial charge in [-0.1, -0.05) is 18.2 Å². The smallest absolute Gasteiger partial charge is 0.335 e. The van der Waals surface area contributed by atoms with Gasteiger partial charge in [-0.15, -0.1) is 11.8 Å². The molecule has 1 spiro atoms. The van der Waals surface area contributed by atoms with Crippen LogP contribution in [0.3, 0.4) is 0 Å². The molecule has 4 rings (SSSR count). The third-order valence-corrected chi connectivity index (χ3v) is 7.11. The van der Waals surface area contributed by atoms with Crippen molar-refractivity contribution in [3.63, 3.8) is 0 Å². The molecule has 0 aromatic heterocycles. The van der Waals surface area contributed by atoms with Gasteiger partial charge in [-0.05, 0) is 62.1 Å². The van der Waals surface area contributed by atoms with Crippen molar-refractivity contribution in [2.75, 3.05) is 12.3 Å². The number of aromatic carboxylic acids is 1. The van der Waals surface area contributed by atoms with Crippen LogP contribution in [0.4, 0.5) is 0 Å². The van der Waals surface area contributed by atoms with Crippen molar-refractivity contribution in [1.82, 2.24) is 4.90 Å². The zero-order valence-electron chi connectivity index (χ0n) is 15.5. The second-order valence-electron chi connectivity index (χ2n) is 7.26. The van der Waals surface area contributed by atoms with Crippen molar-refractivity contribution in [3.8, 4) is 5.75 Å². The Morgan fingerprint density at radius 3 is 2.32 bits per heavy atom. The van der Waals surface area contributed by atoms with Gasteiger partial charge in [0, 0.05) is 17.9 Å². The summed E-state index contributed by atoms with van der Waals surface area (Å²) < 4.78 is 6.07. The lowest BCUT2D eigenvalue weighted by molar-refractivity contribution is 0.0512. The lowest BCUT2D eigenvalue weighted by atomic mass is 9.90. The van der Waals surface area contributed by atoms with Crippen molar-refractivity contribution in [1.29, 1.82) is 0 Å². The Morgan fingerprint density at radius 2 is 1.68 bits per heavy atom. The normalized spacial score (nSPS) is 24.3. The van der Waals surface area contributed by atoms with E-state index in [-0.39, 0.29) is 22.4 Å². The highest BCUT2D eigenvalue weighted by Gasteiger charge is 2.47. The van der Waals surface area contributed by atoms with Gasteiger partial charge in [0.1, 0.15) is 5.75 Å². The van der Waals surface area contributed by atoms with Crippen LogP contribution in [0.2, 0.25) is 0 Å². The standard InChI is InChI=1S/C22H23NO4S/c24-20(16-4-2-1-3-5-16)23-14-15-28-22(23)12-10-19(11-13-22)27-18-8-6-17(7-9-18)21(25)26/h1-9,19H,10-15H2,(H,25,26). The number of hydrogen-bond donors (Lipinski definition) is 1. The molecule has 1 saturated carbocycles. The average Bonchev–Trinajstić information content (AvgIpc) is 3.13. The lowest BCUT2D eigenvalue weighted by Crippen LogP contribution is -2.49. The molecule has 1 aliphatic carbocycles. The number of nitrogens with zero attached hydrogens (tertiary/aromatic N) is 1. The molecule has 1 aliphatic heterocycles. The van der Waals surface area contributed by atoms with Gasteiger partial charge in [0.15, 0.2) is 0 Å². The average molecular weight is 397 g/mol. The molecule has 2 aromatic carbocycles. The molecule has 1 saturated heterocycles. The Labute approximate surface area is 168 Å². The minimum absolute atomic E-state index is 0.0937. The molecule has 0 atom stereocenters. The maximum atomic E-state index is 13.0.